The Bertz CT molecular complexity index is 475. The lowest BCUT2D eigenvalue weighted by Gasteiger charge is -2.27. The van der Waals surface area contributed by atoms with E-state index in [9.17, 15) is 13.6 Å². The molecule has 0 amide bonds. The second-order valence-corrected chi connectivity index (χ2v) is 5.62. The molecule has 3 nitrogen and oxygen atoms in total. The minimum absolute atomic E-state index is 0.127. The van der Waals surface area contributed by atoms with Crippen molar-refractivity contribution in [1.29, 1.82) is 0 Å². The fourth-order valence-corrected chi connectivity index (χ4v) is 2.18. The predicted molar refractivity (Wildman–Crippen MR) is 72.9 cm³/mol. The summed E-state index contributed by atoms with van der Waals surface area (Å²) in [5.74, 6) is -1.38. The zero-order valence-corrected chi connectivity index (χ0v) is 12.1. The lowest BCUT2D eigenvalue weighted by molar-refractivity contribution is -0.145. The van der Waals surface area contributed by atoms with Crippen molar-refractivity contribution in [3.05, 3.63) is 35.4 Å². The Morgan fingerprint density at radius 1 is 1.40 bits per heavy atom. The second-order valence-electron chi connectivity index (χ2n) is 5.62. The van der Waals surface area contributed by atoms with Gasteiger partial charge in [-0.1, -0.05) is 13.8 Å². The topological polar surface area (TPSA) is 52.3 Å². The molecule has 1 aromatic rings. The molecule has 1 rings (SSSR count). The van der Waals surface area contributed by atoms with Crippen molar-refractivity contribution in [2.45, 2.75) is 39.7 Å². The highest BCUT2D eigenvalue weighted by atomic mass is 19.1. The number of rotatable bonds is 6. The number of carbonyl (C=O) groups excluding carboxylic acids is 1. The molecule has 0 fully saturated rings. The molecule has 0 heterocycles. The van der Waals surface area contributed by atoms with Crippen molar-refractivity contribution in [2.75, 3.05) is 6.61 Å². The van der Waals surface area contributed by atoms with Crippen molar-refractivity contribution in [3.8, 4) is 0 Å². The van der Waals surface area contributed by atoms with Gasteiger partial charge in [0.1, 0.15) is 11.6 Å². The molecule has 0 saturated heterocycles. The highest BCUT2D eigenvalue weighted by molar-refractivity contribution is 5.70. The van der Waals surface area contributed by atoms with Gasteiger partial charge in [-0.2, -0.15) is 0 Å². The summed E-state index contributed by atoms with van der Waals surface area (Å²) >= 11 is 0. The number of ether oxygens (including phenoxy) is 1. The van der Waals surface area contributed by atoms with Gasteiger partial charge >= 0.3 is 5.97 Å². The van der Waals surface area contributed by atoms with Gasteiger partial charge in [0, 0.05) is 11.6 Å². The van der Waals surface area contributed by atoms with Crippen molar-refractivity contribution >= 4 is 5.97 Å². The molecule has 0 aromatic heterocycles. The standard InChI is InChI=1S/C15H21F2NO2/c1-4-20-14(19)9-15(2,3)8-13(18)11-7-10(16)5-6-12(11)17/h5-7,13H,4,8-9,18H2,1-3H3. The smallest absolute Gasteiger partial charge is 0.306 e. The number of hydrogen-bond acceptors (Lipinski definition) is 3. The zero-order valence-electron chi connectivity index (χ0n) is 12.1. The molecule has 1 unspecified atom stereocenters. The fourth-order valence-electron chi connectivity index (χ4n) is 2.18. The first-order chi connectivity index (χ1) is 9.25. The van der Waals surface area contributed by atoms with E-state index in [0.717, 1.165) is 18.2 Å². The highest BCUT2D eigenvalue weighted by Gasteiger charge is 2.27. The van der Waals surface area contributed by atoms with E-state index in [2.05, 4.69) is 0 Å². The van der Waals surface area contributed by atoms with Crippen molar-refractivity contribution in [2.24, 2.45) is 11.1 Å². The summed E-state index contributed by atoms with van der Waals surface area (Å²) in [6.45, 7) is 5.75. The number of carbonyl (C=O) groups is 1. The minimum Gasteiger partial charge on any atom is -0.466 e. The van der Waals surface area contributed by atoms with E-state index in [4.69, 9.17) is 10.5 Å². The zero-order chi connectivity index (χ0) is 15.3. The molecule has 0 aliphatic carbocycles. The highest BCUT2D eigenvalue weighted by Crippen LogP contribution is 2.33. The van der Waals surface area contributed by atoms with Gasteiger partial charge in [0.2, 0.25) is 0 Å². The number of halogens is 2. The van der Waals surface area contributed by atoms with Crippen LogP contribution >= 0.6 is 0 Å². The van der Waals surface area contributed by atoms with Crippen LogP contribution in [-0.2, 0) is 9.53 Å². The maximum absolute atomic E-state index is 13.6. The Balaban J connectivity index is 2.75. The SMILES string of the molecule is CCOC(=O)CC(C)(C)CC(N)c1cc(F)ccc1F. The summed E-state index contributed by atoms with van der Waals surface area (Å²) in [4.78, 5) is 11.5. The maximum Gasteiger partial charge on any atom is 0.306 e. The number of hydrogen-bond donors (Lipinski definition) is 1. The van der Waals surface area contributed by atoms with Crippen LogP contribution < -0.4 is 5.73 Å². The van der Waals surface area contributed by atoms with Crippen LogP contribution in [0.4, 0.5) is 8.78 Å². The van der Waals surface area contributed by atoms with Crippen LogP contribution in [0.5, 0.6) is 0 Å². The lowest BCUT2D eigenvalue weighted by atomic mass is 9.81. The third-order valence-electron chi connectivity index (χ3n) is 3.06. The predicted octanol–water partition coefficient (Wildman–Crippen LogP) is 3.33. The monoisotopic (exact) mass is 285 g/mol. The van der Waals surface area contributed by atoms with Gasteiger partial charge in [0.25, 0.3) is 0 Å². The summed E-state index contributed by atoms with van der Waals surface area (Å²) in [6.07, 6.45) is 0.539. The largest absolute Gasteiger partial charge is 0.466 e. The second kappa shape index (κ2) is 6.79. The van der Waals surface area contributed by atoms with Gasteiger partial charge in [0.05, 0.1) is 13.0 Å². The summed E-state index contributed by atoms with van der Waals surface area (Å²) in [6, 6.07) is 2.54. The van der Waals surface area contributed by atoms with E-state index >= 15 is 0 Å². The molecule has 20 heavy (non-hydrogen) atoms. The molecule has 1 aromatic carbocycles. The summed E-state index contributed by atoms with van der Waals surface area (Å²) in [5, 5.41) is 0. The third-order valence-corrected chi connectivity index (χ3v) is 3.06. The molecule has 0 saturated carbocycles. The minimum atomic E-state index is -0.671. The van der Waals surface area contributed by atoms with Gasteiger partial charge in [-0.05, 0) is 37.0 Å². The van der Waals surface area contributed by atoms with Crippen LogP contribution in [0.3, 0.4) is 0 Å². The number of benzene rings is 1. The summed E-state index contributed by atoms with van der Waals surface area (Å²) in [7, 11) is 0. The van der Waals surface area contributed by atoms with Gasteiger partial charge < -0.3 is 10.5 Å². The average molecular weight is 285 g/mol. The van der Waals surface area contributed by atoms with E-state index in [1.807, 2.05) is 13.8 Å². The molecule has 0 radical (unpaired) electrons. The Labute approximate surface area is 118 Å². The average Bonchev–Trinajstić information content (AvgIpc) is 2.30. The molecule has 0 aliphatic heterocycles. The van der Waals surface area contributed by atoms with Gasteiger partial charge in [-0.25, -0.2) is 8.78 Å². The van der Waals surface area contributed by atoms with E-state index in [-0.39, 0.29) is 18.0 Å². The third kappa shape index (κ3) is 4.89. The van der Waals surface area contributed by atoms with Crippen LogP contribution in [0.1, 0.15) is 45.2 Å². The molecule has 112 valence electrons. The first-order valence-electron chi connectivity index (χ1n) is 6.61. The fraction of sp³-hybridized carbons (Fsp3) is 0.533. The van der Waals surface area contributed by atoms with E-state index < -0.39 is 23.1 Å². The summed E-state index contributed by atoms with van der Waals surface area (Å²) in [5.41, 5.74) is 5.61. The Morgan fingerprint density at radius 2 is 2.05 bits per heavy atom. The normalized spacial score (nSPS) is 13.1. The van der Waals surface area contributed by atoms with E-state index in [1.54, 1.807) is 6.92 Å². The molecule has 0 spiro atoms. The van der Waals surface area contributed by atoms with E-state index in [0.29, 0.717) is 13.0 Å². The first-order valence-corrected chi connectivity index (χ1v) is 6.61. The summed E-state index contributed by atoms with van der Waals surface area (Å²) < 4.78 is 31.7. The van der Waals surface area contributed by atoms with Crippen LogP contribution in [0.2, 0.25) is 0 Å². The number of nitrogens with two attached hydrogens (primary N) is 1. The van der Waals surface area contributed by atoms with Crippen LogP contribution in [0.25, 0.3) is 0 Å². The molecular weight excluding hydrogens is 264 g/mol. The molecule has 2 N–H and O–H groups in total. The van der Waals surface area contributed by atoms with Crippen molar-refractivity contribution in [3.63, 3.8) is 0 Å². The molecule has 0 bridgehead atoms. The van der Waals surface area contributed by atoms with Crippen molar-refractivity contribution < 1.29 is 18.3 Å². The lowest BCUT2D eigenvalue weighted by Crippen LogP contribution is -2.25. The van der Waals surface area contributed by atoms with Crippen molar-refractivity contribution in [1.82, 2.24) is 0 Å². The molecular formula is C15H21F2NO2. The molecule has 0 aliphatic rings. The Hall–Kier alpha value is -1.49. The van der Waals surface area contributed by atoms with Gasteiger partial charge in [0.15, 0.2) is 0 Å². The first kappa shape index (κ1) is 16.6. The Kier molecular flexibility index (Phi) is 5.62. The van der Waals surface area contributed by atoms with Gasteiger partial charge in [-0.3, -0.25) is 4.79 Å². The molecule has 5 heteroatoms. The number of esters is 1. The van der Waals surface area contributed by atoms with Crippen LogP contribution in [0, 0.1) is 17.0 Å². The van der Waals surface area contributed by atoms with Crippen LogP contribution in [-0.4, -0.2) is 12.6 Å². The quantitative estimate of drug-likeness (QED) is 0.816. The van der Waals surface area contributed by atoms with E-state index in [1.165, 1.54) is 0 Å². The maximum atomic E-state index is 13.6. The molecule has 1 atom stereocenters. The van der Waals surface area contributed by atoms with Gasteiger partial charge in [-0.15, -0.1) is 0 Å². The Morgan fingerprint density at radius 3 is 2.65 bits per heavy atom. The van der Waals surface area contributed by atoms with Crippen LogP contribution in [0.15, 0.2) is 18.2 Å².